The van der Waals surface area contributed by atoms with Gasteiger partial charge in [0.1, 0.15) is 11.8 Å². The average molecular weight is 391 g/mol. The maximum atomic E-state index is 12.7. The zero-order valence-corrected chi connectivity index (χ0v) is 16.4. The lowest BCUT2D eigenvalue weighted by molar-refractivity contribution is -0.146. The largest absolute Gasteiger partial charge is 0.497 e. The van der Waals surface area contributed by atoms with Crippen LogP contribution in [0.5, 0.6) is 5.75 Å². The van der Waals surface area contributed by atoms with E-state index in [-0.39, 0.29) is 24.4 Å². The molecule has 2 aliphatic rings. The summed E-state index contributed by atoms with van der Waals surface area (Å²) in [4.78, 5) is 26.5. The Labute approximate surface area is 164 Å². The zero-order valence-electron chi connectivity index (χ0n) is 15.6. The van der Waals surface area contributed by atoms with E-state index >= 15 is 0 Å². The van der Waals surface area contributed by atoms with Crippen molar-refractivity contribution in [3.63, 3.8) is 0 Å². The van der Waals surface area contributed by atoms with Crippen molar-refractivity contribution in [2.75, 3.05) is 19.5 Å². The molecule has 1 saturated carbocycles. The molecule has 7 nitrogen and oxygen atoms in total. The highest BCUT2D eigenvalue weighted by Crippen LogP contribution is 2.30. The molecule has 2 N–H and O–H groups in total. The Hall–Kier alpha value is -2.35. The third kappa shape index (κ3) is 4.32. The van der Waals surface area contributed by atoms with E-state index < -0.39 is 12.0 Å². The number of benzene rings is 1. The van der Waals surface area contributed by atoms with E-state index in [1.807, 2.05) is 29.2 Å². The first-order valence-corrected chi connectivity index (χ1v) is 9.55. The zero-order chi connectivity index (χ0) is 19.4. The Bertz CT molecular complexity index is 727. The van der Waals surface area contributed by atoms with E-state index in [9.17, 15) is 9.59 Å². The summed E-state index contributed by atoms with van der Waals surface area (Å²) in [5.74, 6) is 0.0952. The molecule has 146 valence electrons. The predicted molar refractivity (Wildman–Crippen MR) is 106 cm³/mol. The average Bonchev–Trinajstić information content (AvgIpc) is 2.68. The first kappa shape index (κ1) is 19.4. The number of carbonyl (C=O) groups excluding carboxylic acids is 2. The van der Waals surface area contributed by atoms with E-state index in [0.29, 0.717) is 10.9 Å². The number of carbonyl (C=O) groups is 2. The molecule has 0 bridgehead atoms. The molecular formula is C19H25N3O4S. The number of anilines is 1. The number of ether oxygens (including phenoxy) is 2. The van der Waals surface area contributed by atoms with Crippen molar-refractivity contribution in [3.8, 4) is 5.75 Å². The van der Waals surface area contributed by atoms with Crippen LogP contribution >= 0.6 is 12.2 Å². The fourth-order valence-electron chi connectivity index (χ4n) is 3.86. The molecule has 1 aliphatic heterocycles. The van der Waals surface area contributed by atoms with Crippen LogP contribution in [0.1, 0.15) is 32.1 Å². The molecule has 1 saturated heterocycles. The summed E-state index contributed by atoms with van der Waals surface area (Å²) in [6.07, 6.45) is 3.95. The second-order valence-corrected chi connectivity index (χ2v) is 7.22. The minimum atomic E-state index is -0.678. The molecule has 2 fully saturated rings. The van der Waals surface area contributed by atoms with Crippen molar-refractivity contribution < 1.29 is 19.1 Å². The summed E-state index contributed by atoms with van der Waals surface area (Å²) in [5, 5.41) is 6.71. The maximum absolute atomic E-state index is 12.7. The van der Waals surface area contributed by atoms with Gasteiger partial charge in [-0.3, -0.25) is 9.59 Å². The standard InChI is InChI=1S/C19H25N3O4S/c1-25-13-7-5-6-12(10-13)20-19(27)22-15-9-4-3-8-14(15)21-18(24)16(22)11-17(23)26-2/h5-7,10,14-16H,3-4,8-9,11H2,1-2H3,(H,20,27)(H,21,24)/t14-,15-,16-/m0/s1. The molecule has 0 unspecified atom stereocenters. The van der Waals surface area contributed by atoms with Crippen LogP contribution in [-0.2, 0) is 14.3 Å². The number of rotatable bonds is 4. The highest BCUT2D eigenvalue weighted by Gasteiger charge is 2.44. The van der Waals surface area contributed by atoms with Crippen LogP contribution in [0.25, 0.3) is 0 Å². The van der Waals surface area contributed by atoms with Crippen molar-refractivity contribution in [1.29, 1.82) is 0 Å². The SMILES string of the molecule is COC(=O)C[C@H]1C(=O)N[C@H]2CCCC[C@@H]2N1C(=S)Nc1cccc(OC)c1. The van der Waals surface area contributed by atoms with Crippen LogP contribution in [0.15, 0.2) is 24.3 Å². The van der Waals surface area contributed by atoms with Gasteiger partial charge in [-0.2, -0.15) is 0 Å². The van der Waals surface area contributed by atoms with E-state index in [1.54, 1.807) is 7.11 Å². The first-order valence-electron chi connectivity index (χ1n) is 9.14. The van der Waals surface area contributed by atoms with Gasteiger partial charge in [0.2, 0.25) is 5.91 Å². The van der Waals surface area contributed by atoms with Crippen LogP contribution in [0.4, 0.5) is 5.69 Å². The number of hydrogen-bond acceptors (Lipinski definition) is 5. The third-order valence-electron chi connectivity index (χ3n) is 5.20. The molecule has 0 radical (unpaired) electrons. The molecule has 1 heterocycles. The van der Waals surface area contributed by atoms with Gasteiger partial charge in [0.15, 0.2) is 5.11 Å². The lowest BCUT2D eigenvalue weighted by Gasteiger charge is -2.49. The van der Waals surface area contributed by atoms with Gasteiger partial charge in [-0.15, -0.1) is 0 Å². The number of methoxy groups -OCH3 is 2. The quantitative estimate of drug-likeness (QED) is 0.601. The topological polar surface area (TPSA) is 79.9 Å². The Morgan fingerprint density at radius 3 is 2.85 bits per heavy atom. The van der Waals surface area contributed by atoms with Gasteiger partial charge in [-0.1, -0.05) is 18.9 Å². The molecule has 3 atom stereocenters. The molecule has 1 aromatic carbocycles. The van der Waals surface area contributed by atoms with E-state index in [0.717, 1.165) is 31.4 Å². The van der Waals surface area contributed by atoms with Crippen molar-refractivity contribution >= 4 is 34.9 Å². The number of hydrogen-bond donors (Lipinski definition) is 2. The second kappa shape index (κ2) is 8.56. The van der Waals surface area contributed by atoms with Crippen molar-refractivity contribution in [2.45, 2.75) is 50.2 Å². The van der Waals surface area contributed by atoms with Gasteiger partial charge in [-0.25, -0.2) is 0 Å². The summed E-state index contributed by atoms with van der Waals surface area (Å²) < 4.78 is 10.0. The minimum Gasteiger partial charge on any atom is -0.497 e. The van der Waals surface area contributed by atoms with Gasteiger partial charge >= 0.3 is 5.97 Å². The number of fused-ring (bicyclic) bond motifs is 1. The summed E-state index contributed by atoms with van der Waals surface area (Å²) in [5.41, 5.74) is 0.773. The number of nitrogens with zero attached hydrogens (tertiary/aromatic N) is 1. The van der Waals surface area contributed by atoms with Gasteiger partial charge in [-0.05, 0) is 37.2 Å². The van der Waals surface area contributed by atoms with Crippen molar-refractivity contribution in [1.82, 2.24) is 10.2 Å². The minimum absolute atomic E-state index is 0.0362. The van der Waals surface area contributed by atoms with E-state index in [4.69, 9.17) is 21.7 Å². The molecule has 3 rings (SSSR count). The van der Waals surface area contributed by atoms with E-state index in [1.165, 1.54) is 7.11 Å². The smallest absolute Gasteiger partial charge is 0.308 e. The van der Waals surface area contributed by atoms with Gasteiger partial charge < -0.3 is 25.0 Å². The Kier molecular flexibility index (Phi) is 6.15. The van der Waals surface area contributed by atoms with E-state index in [2.05, 4.69) is 10.6 Å². The maximum Gasteiger partial charge on any atom is 0.308 e. The fourth-order valence-corrected chi connectivity index (χ4v) is 4.24. The van der Waals surface area contributed by atoms with Crippen LogP contribution in [0.2, 0.25) is 0 Å². The summed E-state index contributed by atoms with van der Waals surface area (Å²) in [6, 6.07) is 6.86. The van der Waals surface area contributed by atoms with Crippen molar-refractivity contribution in [3.05, 3.63) is 24.3 Å². The number of piperazine rings is 1. The van der Waals surface area contributed by atoms with Gasteiger partial charge in [0.05, 0.1) is 26.7 Å². The summed E-state index contributed by atoms with van der Waals surface area (Å²) >= 11 is 5.66. The van der Waals surface area contributed by atoms with Gasteiger partial charge in [0, 0.05) is 17.8 Å². The monoisotopic (exact) mass is 391 g/mol. The number of esters is 1. The first-order chi connectivity index (χ1) is 13.0. The Balaban J connectivity index is 1.85. The predicted octanol–water partition coefficient (Wildman–Crippen LogP) is 2.07. The highest BCUT2D eigenvalue weighted by molar-refractivity contribution is 7.80. The molecular weight excluding hydrogens is 366 g/mol. The molecule has 1 aromatic rings. The molecule has 0 aromatic heterocycles. The van der Waals surface area contributed by atoms with Crippen LogP contribution in [0.3, 0.4) is 0 Å². The highest BCUT2D eigenvalue weighted by atomic mass is 32.1. The van der Waals surface area contributed by atoms with Gasteiger partial charge in [0.25, 0.3) is 0 Å². The lowest BCUT2D eigenvalue weighted by Crippen LogP contribution is -2.68. The lowest BCUT2D eigenvalue weighted by atomic mass is 9.85. The van der Waals surface area contributed by atoms with Crippen LogP contribution in [-0.4, -0.2) is 54.2 Å². The summed E-state index contributed by atoms with van der Waals surface area (Å²) in [7, 11) is 2.93. The number of amides is 1. The molecule has 8 heteroatoms. The Morgan fingerprint density at radius 1 is 1.33 bits per heavy atom. The molecule has 1 aliphatic carbocycles. The molecule has 1 amide bonds. The second-order valence-electron chi connectivity index (χ2n) is 6.83. The Morgan fingerprint density at radius 2 is 2.11 bits per heavy atom. The number of nitrogens with one attached hydrogen (secondary N) is 2. The molecule has 27 heavy (non-hydrogen) atoms. The van der Waals surface area contributed by atoms with Crippen LogP contribution < -0.4 is 15.4 Å². The molecule has 0 spiro atoms. The third-order valence-corrected chi connectivity index (χ3v) is 5.51. The van der Waals surface area contributed by atoms with Crippen LogP contribution in [0, 0.1) is 0 Å². The normalized spacial score (nSPS) is 24.4. The fraction of sp³-hybridized carbons (Fsp3) is 0.526. The number of thiocarbonyl (C=S) groups is 1. The summed E-state index contributed by atoms with van der Waals surface area (Å²) in [6.45, 7) is 0. The van der Waals surface area contributed by atoms with Crippen molar-refractivity contribution in [2.24, 2.45) is 0 Å².